The van der Waals surface area contributed by atoms with E-state index in [9.17, 15) is 10.0 Å². The summed E-state index contributed by atoms with van der Waals surface area (Å²) in [6.07, 6.45) is 5.19. The third-order valence-electron chi connectivity index (χ3n) is 4.31. The molecule has 2 atom stereocenters. The van der Waals surface area contributed by atoms with Crippen molar-refractivity contribution in [1.29, 1.82) is 0 Å². The Bertz CT molecular complexity index is 480. The Labute approximate surface area is 145 Å². The number of hydrogen-bond donors (Lipinski definition) is 1. The molecular formula is C11H14N4O3W2. The third-order valence-corrected chi connectivity index (χ3v) is 4.31. The predicted molar refractivity (Wildman–Crippen MR) is 58.1 cm³/mol. The fourth-order valence-electron chi connectivity index (χ4n) is 3.16. The van der Waals surface area contributed by atoms with Crippen LogP contribution in [0.15, 0.2) is 4.42 Å². The van der Waals surface area contributed by atoms with Crippen molar-refractivity contribution >= 4 is 6.03 Å². The van der Waals surface area contributed by atoms with Gasteiger partial charge in [0.25, 0.3) is 0 Å². The zero-order valence-corrected chi connectivity index (χ0v) is 16.7. The maximum absolute atomic E-state index is 11.9. The van der Waals surface area contributed by atoms with Crippen molar-refractivity contribution in [2.75, 3.05) is 6.54 Å². The fraction of sp³-hybridized carbons (Fsp3) is 0.636. The van der Waals surface area contributed by atoms with Crippen LogP contribution in [-0.4, -0.2) is 44.0 Å². The van der Waals surface area contributed by atoms with Crippen molar-refractivity contribution in [3.63, 3.8) is 0 Å². The maximum Gasteiger partial charge on any atom is 2.00 e. The topological polar surface area (TPSA) is 82.7 Å². The van der Waals surface area contributed by atoms with Crippen LogP contribution in [0.4, 0.5) is 4.79 Å². The van der Waals surface area contributed by atoms with Gasteiger partial charge in [-0.1, -0.05) is 0 Å². The van der Waals surface area contributed by atoms with Crippen LogP contribution in [-0.2, 0) is 42.1 Å². The Morgan fingerprint density at radius 2 is 2.15 bits per heavy atom. The molecule has 4 rings (SSSR count). The van der Waals surface area contributed by atoms with Gasteiger partial charge in [0, 0.05) is 33.7 Å². The first-order valence-electron chi connectivity index (χ1n) is 5.69. The largest absolute Gasteiger partial charge is 2.00 e. The Hall–Kier alpha value is -0.253. The molecule has 0 aromatic carbocycles. The van der Waals surface area contributed by atoms with E-state index in [1.165, 1.54) is 0 Å². The third kappa shape index (κ3) is 2.28. The minimum Gasteiger partial charge on any atom is -0.611 e. The average Bonchev–Trinajstić information content (AvgIpc) is 2.81. The van der Waals surface area contributed by atoms with Crippen molar-refractivity contribution < 1.29 is 56.5 Å². The number of aromatic nitrogens is 2. The Morgan fingerprint density at radius 1 is 1.45 bits per heavy atom. The van der Waals surface area contributed by atoms with Gasteiger partial charge in [0.1, 0.15) is 0 Å². The first kappa shape index (κ1) is 17.8. The molecule has 1 aliphatic carbocycles. The quantitative estimate of drug-likeness (QED) is 0.376. The first-order chi connectivity index (χ1) is 8.21. The average molecular weight is 618 g/mol. The number of hydroxylamine groups is 2. The molecular weight excluding hydrogens is 604 g/mol. The summed E-state index contributed by atoms with van der Waals surface area (Å²) in [5.74, 6) is 0.415. The van der Waals surface area contributed by atoms with E-state index in [4.69, 9.17) is 4.42 Å². The summed E-state index contributed by atoms with van der Waals surface area (Å²) in [5.41, 5.74) is 0.0521. The summed E-state index contributed by atoms with van der Waals surface area (Å²) < 4.78 is 5.09. The van der Waals surface area contributed by atoms with Gasteiger partial charge in [0.2, 0.25) is 0 Å². The minimum absolute atomic E-state index is 0. The first-order valence-corrected chi connectivity index (χ1v) is 5.69. The van der Waals surface area contributed by atoms with E-state index in [0.717, 1.165) is 24.3 Å². The van der Waals surface area contributed by atoms with Crippen molar-refractivity contribution in [3.05, 3.63) is 19.7 Å². The number of rotatable bonds is 1. The summed E-state index contributed by atoms with van der Waals surface area (Å²) in [6.45, 7) is 0.544. The molecule has 7 nitrogen and oxygen atoms in total. The molecule has 9 heteroatoms. The van der Waals surface area contributed by atoms with Crippen molar-refractivity contribution in [1.82, 2.24) is 20.2 Å². The molecule has 2 amide bonds. The molecule has 1 spiro atoms. The Kier molecular flexibility index (Phi) is 5.21. The molecule has 1 saturated carbocycles. The van der Waals surface area contributed by atoms with Crippen LogP contribution in [0.25, 0.3) is 0 Å². The smallest absolute Gasteiger partial charge is 0.611 e. The SMILES string of the molecule is O=C1N(O)C2CN1[C@H](c1nn[c-]o1)CC21CC1.[CH3-].[W+2].[W]. The van der Waals surface area contributed by atoms with Crippen LogP contribution in [0.2, 0.25) is 0 Å². The standard InChI is InChI=1S/C10H11N4O3.CH3.2W/c15-9-13-4-7(14(9)16)10(1-2-10)3-6(13)8-12-11-5-17-8;;;/h6-7,16H,1-4H2;1H3;;/q2*-1;;+2/t6-,7?;;;/m0.../s1. The molecule has 2 saturated heterocycles. The zero-order valence-electron chi connectivity index (χ0n) is 10.9. The van der Waals surface area contributed by atoms with Crippen molar-refractivity contribution in [3.8, 4) is 0 Å². The number of carbonyl (C=O) groups is 1. The maximum atomic E-state index is 11.9. The summed E-state index contributed by atoms with van der Waals surface area (Å²) >= 11 is 0. The number of piperidine rings is 1. The molecule has 20 heavy (non-hydrogen) atoms. The van der Waals surface area contributed by atoms with E-state index in [-0.39, 0.29) is 73.1 Å². The van der Waals surface area contributed by atoms with Gasteiger partial charge in [-0.3, -0.25) is 5.21 Å². The number of urea groups is 1. The number of amides is 2. The molecule has 1 unspecified atom stereocenters. The molecule has 2 aliphatic heterocycles. The van der Waals surface area contributed by atoms with E-state index < -0.39 is 0 Å². The number of nitrogens with zero attached hydrogens (tertiary/aromatic N) is 4. The molecule has 3 heterocycles. The van der Waals surface area contributed by atoms with Crippen molar-refractivity contribution in [2.24, 2.45) is 5.41 Å². The normalized spacial score (nSPS) is 28.6. The second kappa shape index (κ2) is 5.86. The molecule has 1 N–H and O–H groups in total. The van der Waals surface area contributed by atoms with Crippen LogP contribution in [0.5, 0.6) is 0 Å². The van der Waals surface area contributed by atoms with Gasteiger partial charge in [-0.2, -0.15) is 0 Å². The molecule has 3 fully saturated rings. The van der Waals surface area contributed by atoms with Gasteiger partial charge in [-0.25, -0.2) is 20.1 Å². The van der Waals surface area contributed by atoms with E-state index in [1.54, 1.807) is 4.90 Å². The summed E-state index contributed by atoms with van der Waals surface area (Å²) in [4.78, 5) is 13.5. The van der Waals surface area contributed by atoms with E-state index in [1.807, 2.05) is 0 Å². The number of fused-ring (bicyclic) bond motifs is 3. The van der Waals surface area contributed by atoms with Gasteiger partial charge in [-0.05, 0) is 24.7 Å². The molecule has 2 bridgehead atoms. The molecule has 3 aliphatic rings. The summed E-state index contributed by atoms with van der Waals surface area (Å²) in [5, 5.41) is 18.1. The van der Waals surface area contributed by atoms with Gasteiger partial charge in [0.15, 0.2) is 0 Å². The predicted octanol–water partition coefficient (Wildman–Crippen LogP) is 1.04. The second-order valence-corrected chi connectivity index (χ2v) is 5.11. The van der Waals surface area contributed by atoms with E-state index in [2.05, 4.69) is 16.6 Å². The van der Waals surface area contributed by atoms with E-state index >= 15 is 0 Å². The fourth-order valence-corrected chi connectivity index (χ4v) is 3.16. The van der Waals surface area contributed by atoms with Crippen LogP contribution >= 0.6 is 0 Å². The van der Waals surface area contributed by atoms with Gasteiger partial charge >= 0.3 is 27.1 Å². The summed E-state index contributed by atoms with van der Waals surface area (Å²) in [6, 6.07) is -0.641. The zero-order chi connectivity index (χ0) is 11.6. The number of carbonyl (C=O) groups excluding carboxylic acids is 1. The number of hydrogen-bond acceptors (Lipinski definition) is 5. The molecule has 0 radical (unpaired) electrons. The summed E-state index contributed by atoms with van der Waals surface area (Å²) in [7, 11) is 0. The van der Waals surface area contributed by atoms with Crippen LogP contribution in [0.1, 0.15) is 31.2 Å². The Morgan fingerprint density at radius 3 is 2.70 bits per heavy atom. The Balaban J connectivity index is 0.000000667. The van der Waals surface area contributed by atoms with Crippen LogP contribution in [0.3, 0.4) is 0 Å². The van der Waals surface area contributed by atoms with E-state index in [0.29, 0.717) is 12.4 Å². The monoisotopic (exact) mass is 618 g/mol. The van der Waals surface area contributed by atoms with Crippen molar-refractivity contribution in [2.45, 2.75) is 31.3 Å². The molecule has 1 aromatic heterocycles. The van der Waals surface area contributed by atoms with Gasteiger partial charge in [-0.15, -0.1) is 0 Å². The second-order valence-electron chi connectivity index (χ2n) is 5.11. The van der Waals surface area contributed by atoms with Gasteiger partial charge in [0.05, 0.1) is 18.3 Å². The molecule has 1 aromatic rings. The van der Waals surface area contributed by atoms with Crippen LogP contribution < -0.4 is 0 Å². The minimum atomic E-state index is -0.359. The van der Waals surface area contributed by atoms with Crippen LogP contribution in [0, 0.1) is 19.2 Å². The van der Waals surface area contributed by atoms with Gasteiger partial charge < -0.3 is 16.7 Å². The molecule has 108 valence electrons.